The second-order valence-electron chi connectivity index (χ2n) is 4.11. The van der Waals surface area contributed by atoms with Crippen molar-refractivity contribution in [3.8, 4) is 0 Å². The number of nitrogens with zero attached hydrogens (tertiary/aromatic N) is 3. The minimum Gasteiger partial charge on any atom is -0.396 e. The van der Waals surface area contributed by atoms with Crippen molar-refractivity contribution in [2.75, 3.05) is 10.5 Å². The highest BCUT2D eigenvalue weighted by Gasteiger charge is 2.23. The summed E-state index contributed by atoms with van der Waals surface area (Å²) in [4.78, 5) is 3.63. The molecule has 20 heavy (non-hydrogen) atoms. The molecular formula is C11H12FN5O2S. The van der Waals surface area contributed by atoms with Crippen LogP contribution in [0.5, 0.6) is 0 Å². The Balaban J connectivity index is 2.53. The maximum absolute atomic E-state index is 13.5. The Bertz CT molecular complexity index is 749. The summed E-state index contributed by atoms with van der Waals surface area (Å²) < 4.78 is 40.3. The number of hydrogen-bond acceptors (Lipinski definition) is 6. The van der Waals surface area contributed by atoms with Gasteiger partial charge in [-0.25, -0.2) is 22.5 Å². The maximum Gasteiger partial charge on any atom is 0.264 e. The van der Waals surface area contributed by atoms with E-state index in [-0.39, 0.29) is 27.7 Å². The predicted molar refractivity (Wildman–Crippen MR) is 70.9 cm³/mol. The summed E-state index contributed by atoms with van der Waals surface area (Å²) in [7, 11) is -3.98. The number of anilines is 2. The Kier molecular flexibility index (Phi) is 3.53. The van der Waals surface area contributed by atoms with Crippen LogP contribution in [-0.2, 0) is 10.0 Å². The van der Waals surface area contributed by atoms with Gasteiger partial charge in [0.2, 0.25) is 0 Å². The monoisotopic (exact) mass is 297 g/mol. The molecule has 0 fully saturated rings. The van der Waals surface area contributed by atoms with Gasteiger partial charge in [-0.3, -0.25) is 0 Å². The number of aromatic nitrogens is 3. The first-order valence-electron chi connectivity index (χ1n) is 5.54. The molecule has 0 radical (unpaired) electrons. The van der Waals surface area contributed by atoms with E-state index in [9.17, 15) is 12.8 Å². The zero-order valence-electron chi connectivity index (χ0n) is 10.8. The van der Waals surface area contributed by atoms with Crippen LogP contribution in [-0.4, -0.2) is 23.6 Å². The average Bonchev–Trinajstić information content (AvgIpc) is 2.36. The standard InChI is InChI=1S/C11H12FN5O2S/c1-6-5-8(12)9(13)7(2)10(6)20(18,19)17-11-14-3-4-15-16-11/h3-5H,13H2,1-2H3,(H,14,16,17). The first-order chi connectivity index (χ1) is 9.33. The number of halogens is 1. The molecule has 0 saturated heterocycles. The third kappa shape index (κ3) is 2.52. The molecule has 0 spiro atoms. The largest absolute Gasteiger partial charge is 0.396 e. The molecular weight excluding hydrogens is 285 g/mol. The number of rotatable bonds is 3. The van der Waals surface area contributed by atoms with Crippen molar-refractivity contribution in [3.63, 3.8) is 0 Å². The minimum absolute atomic E-state index is 0.0937. The zero-order valence-corrected chi connectivity index (χ0v) is 11.6. The van der Waals surface area contributed by atoms with Gasteiger partial charge in [-0.2, -0.15) is 5.10 Å². The topological polar surface area (TPSA) is 111 Å². The number of aryl methyl sites for hydroxylation is 1. The Labute approximate surface area is 115 Å². The first kappa shape index (κ1) is 14.1. The fourth-order valence-electron chi connectivity index (χ4n) is 1.81. The fraction of sp³-hybridized carbons (Fsp3) is 0.182. The van der Waals surface area contributed by atoms with Gasteiger partial charge >= 0.3 is 0 Å². The molecule has 0 atom stereocenters. The SMILES string of the molecule is Cc1cc(F)c(N)c(C)c1S(=O)(=O)Nc1nccnn1. The van der Waals surface area contributed by atoms with E-state index in [4.69, 9.17) is 5.73 Å². The summed E-state index contributed by atoms with van der Waals surface area (Å²) in [6, 6.07) is 1.07. The van der Waals surface area contributed by atoms with E-state index < -0.39 is 15.8 Å². The van der Waals surface area contributed by atoms with Crippen molar-refractivity contribution in [1.29, 1.82) is 0 Å². The van der Waals surface area contributed by atoms with E-state index in [0.717, 1.165) is 6.07 Å². The van der Waals surface area contributed by atoms with Gasteiger partial charge in [-0.05, 0) is 31.0 Å². The molecule has 0 amide bonds. The van der Waals surface area contributed by atoms with Crippen molar-refractivity contribution in [3.05, 3.63) is 35.4 Å². The molecule has 0 saturated carbocycles. The molecule has 9 heteroatoms. The molecule has 106 valence electrons. The molecule has 0 unspecified atom stereocenters. The van der Waals surface area contributed by atoms with Gasteiger partial charge in [-0.1, -0.05) is 0 Å². The normalized spacial score (nSPS) is 11.3. The molecule has 7 nitrogen and oxygen atoms in total. The van der Waals surface area contributed by atoms with Gasteiger partial charge in [-0.15, -0.1) is 5.10 Å². The lowest BCUT2D eigenvalue weighted by Gasteiger charge is -2.13. The number of sulfonamides is 1. The van der Waals surface area contributed by atoms with Gasteiger partial charge in [0.25, 0.3) is 16.0 Å². The Morgan fingerprint density at radius 3 is 2.60 bits per heavy atom. The van der Waals surface area contributed by atoms with E-state index in [0.29, 0.717) is 0 Å². The molecule has 2 aromatic rings. The summed E-state index contributed by atoms with van der Waals surface area (Å²) in [6.45, 7) is 2.91. The lowest BCUT2D eigenvalue weighted by atomic mass is 10.1. The molecule has 3 N–H and O–H groups in total. The third-order valence-electron chi connectivity index (χ3n) is 2.68. The number of benzene rings is 1. The van der Waals surface area contributed by atoms with Gasteiger partial charge in [0.1, 0.15) is 5.82 Å². The van der Waals surface area contributed by atoms with Crippen LogP contribution in [0.25, 0.3) is 0 Å². The van der Waals surface area contributed by atoms with Crippen LogP contribution in [0, 0.1) is 19.7 Å². The third-order valence-corrected chi connectivity index (χ3v) is 4.30. The van der Waals surface area contributed by atoms with Gasteiger partial charge in [0.05, 0.1) is 23.0 Å². The van der Waals surface area contributed by atoms with Crippen LogP contribution in [0.2, 0.25) is 0 Å². The number of hydrogen-bond donors (Lipinski definition) is 2. The highest BCUT2D eigenvalue weighted by atomic mass is 32.2. The Hall–Kier alpha value is -2.29. The Morgan fingerprint density at radius 1 is 1.30 bits per heavy atom. The quantitative estimate of drug-likeness (QED) is 0.818. The summed E-state index contributed by atoms with van der Waals surface area (Å²) >= 11 is 0. The van der Waals surface area contributed by atoms with Crippen molar-refractivity contribution < 1.29 is 12.8 Å². The van der Waals surface area contributed by atoms with E-state index in [1.165, 1.54) is 26.2 Å². The smallest absolute Gasteiger partial charge is 0.264 e. The van der Waals surface area contributed by atoms with Crippen LogP contribution >= 0.6 is 0 Å². The zero-order chi connectivity index (χ0) is 14.9. The van der Waals surface area contributed by atoms with Gasteiger partial charge in [0.15, 0.2) is 0 Å². The first-order valence-corrected chi connectivity index (χ1v) is 7.03. The fourth-order valence-corrected chi connectivity index (χ4v) is 3.24. The van der Waals surface area contributed by atoms with E-state index in [1.807, 2.05) is 0 Å². The van der Waals surface area contributed by atoms with Crippen molar-refractivity contribution >= 4 is 21.7 Å². The highest BCUT2D eigenvalue weighted by Crippen LogP contribution is 2.28. The highest BCUT2D eigenvalue weighted by molar-refractivity contribution is 7.92. The second kappa shape index (κ2) is 5.00. The number of nitrogens with two attached hydrogens (primary N) is 1. The van der Waals surface area contributed by atoms with Crippen LogP contribution in [0.1, 0.15) is 11.1 Å². The molecule has 0 aliphatic heterocycles. The maximum atomic E-state index is 13.5. The predicted octanol–water partition coefficient (Wildman–Crippen LogP) is 1.01. The minimum atomic E-state index is -3.98. The molecule has 0 aliphatic carbocycles. The molecule has 1 aromatic heterocycles. The van der Waals surface area contributed by atoms with Gasteiger partial charge < -0.3 is 5.73 Å². The van der Waals surface area contributed by atoms with Crippen molar-refractivity contribution in [2.45, 2.75) is 18.7 Å². The van der Waals surface area contributed by atoms with Crippen molar-refractivity contribution in [1.82, 2.24) is 15.2 Å². The lowest BCUT2D eigenvalue weighted by Crippen LogP contribution is -2.18. The summed E-state index contributed by atoms with van der Waals surface area (Å²) in [5.41, 5.74) is 5.70. The summed E-state index contributed by atoms with van der Waals surface area (Å²) in [6.07, 6.45) is 2.60. The van der Waals surface area contributed by atoms with Crippen LogP contribution in [0.15, 0.2) is 23.4 Å². The molecule has 0 aliphatic rings. The van der Waals surface area contributed by atoms with Crippen LogP contribution < -0.4 is 10.5 Å². The summed E-state index contributed by atoms with van der Waals surface area (Å²) in [5, 5.41) is 7.05. The van der Waals surface area contributed by atoms with E-state index >= 15 is 0 Å². The van der Waals surface area contributed by atoms with Crippen molar-refractivity contribution in [2.24, 2.45) is 0 Å². The molecule has 1 heterocycles. The van der Waals surface area contributed by atoms with E-state index in [2.05, 4.69) is 19.9 Å². The number of nitrogen functional groups attached to an aromatic ring is 1. The molecule has 1 aromatic carbocycles. The van der Waals surface area contributed by atoms with Crippen LogP contribution in [0.3, 0.4) is 0 Å². The van der Waals surface area contributed by atoms with E-state index in [1.54, 1.807) is 0 Å². The Morgan fingerprint density at radius 2 is 2.00 bits per heavy atom. The van der Waals surface area contributed by atoms with Crippen LogP contribution in [0.4, 0.5) is 16.0 Å². The lowest BCUT2D eigenvalue weighted by molar-refractivity contribution is 0.597. The van der Waals surface area contributed by atoms with Gasteiger partial charge in [0, 0.05) is 0 Å². The summed E-state index contributed by atoms with van der Waals surface area (Å²) in [5.74, 6) is -0.828. The molecule has 0 bridgehead atoms. The molecule has 2 rings (SSSR count). The number of nitrogens with one attached hydrogen (secondary N) is 1. The second-order valence-corrected chi connectivity index (χ2v) is 5.73. The average molecular weight is 297 g/mol.